The Labute approximate surface area is 141 Å². The SMILES string of the molecule is CC(Oc1ccccc1)C(=O)Nc1cccc(C(=O)NC2CC2)c1. The number of anilines is 1. The molecule has 3 rings (SSSR count). The molecule has 1 unspecified atom stereocenters. The number of carbonyl (C=O) groups is 2. The lowest BCUT2D eigenvalue weighted by molar-refractivity contribution is -0.122. The first kappa shape index (κ1) is 16.1. The number of carbonyl (C=O) groups excluding carboxylic acids is 2. The average Bonchev–Trinajstić information content (AvgIpc) is 3.40. The van der Waals surface area contributed by atoms with E-state index in [0.717, 1.165) is 12.8 Å². The number of ether oxygens (including phenoxy) is 1. The largest absolute Gasteiger partial charge is 0.481 e. The molecule has 0 bridgehead atoms. The zero-order valence-corrected chi connectivity index (χ0v) is 13.5. The van der Waals surface area contributed by atoms with Gasteiger partial charge in [-0.05, 0) is 50.1 Å². The zero-order chi connectivity index (χ0) is 16.9. The summed E-state index contributed by atoms with van der Waals surface area (Å²) < 4.78 is 5.60. The van der Waals surface area contributed by atoms with Gasteiger partial charge in [0, 0.05) is 17.3 Å². The van der Waals surface area contributed by atoms with Gasteiger partial charge in [-0.1, -0.05) is 24.3 Å². The summed E-state index contributed by atoms with van der Waals surface area (Å²) in [5.41, 5.74) is 1.11. The van der Waals surface area contributed by atoms with Crippen LogP contribution in [-0.2, 0) is 4.79 Å². The monoisotopic (exact) mass is 324 g/mol. The normalized spacial score (nSPS) is 14.5. The number of nitrogens with one attached hydrogen (secondary N) is 2. The molecule has 0 heterocycles. The molecule has 0 aliphatic heterocycles. The lowest BCUT2D eigenvalue weighted by Crippen LogP contribution is -2.30. The summed E-state index contributed by atoms with van der Waals surface area (Å²) in [5.74, 6) is 0.262. The number of rotatable bonds is 6. The Morgan fingerprint density at radius 2 is 1.83 bits per heavy atom. The number of benzene rings is 2. The molecule has 124 valence electrons. The van der Waals surface area contributed by atoms with E-state index in [2.05, 4.69) is 10.6 Å². The topological polar surface area (TPSA) is 67.4 Å². The van der Waals surface area contributed by atoms with Crippen LogP contribution in [0.1, 0.15) is 30.1 Å². The average molecular weight is 324 g/mol. The first-order valence-corrected chi connectivity index (χ1v) is 8.05. The molecule has 0 spiro atoms. The lowest BCUT2D eigenvalue weighted by Gasteiger charge is -2.15. The van der Waals surface area contributed by atoms with Gasteiger partial charge < -0.3 is 15.4 Å². The van der Waals surface area contributed by atoms with E-state index >= 15 is 0 Å². The van der Waals surface area contributed by atoms with E-state index in [1.54, 1.807) is 43.3 Å². The van der Waals surface area contributed by atoms with Crippen molar-refractivity contribution in [3.63, 3.8) is 0 Å². The third-order valence-corrected chi connectivity index (χ3v) is 3.73. The van der Waals surface area contributed by atoms with Gasteiger partial charge in [0.2, 0.25) is 0 Å². The number of para-hydroxylation sites is 1. The van der Waals surface area contributed by atoms with Gasteiger partial charge in [0.1, 0.15) is 5.75 Å². The molecule has 1 aliphatic rings. The quantitative estimate of drug-likeness (QED) is 0.858. The summed E-state index contributed by atoms with van der Waals surface area (Å²) in [7, 11) is 0. The minimum absolute atomic E-state index is 0.109. The highest BCUT2D eigenvalue weighted by atomic mass is 16.5. The molecule has 1 fully saturated rings. The lowest BCUT2D eigenvalue weighted by atomic mass is 10.2. The van der Waals surface area contributed by atoms with Gasteiger partial charge in [0.05, 0.1) is 0 Å². The van der Waals surface area contributed by atoms with Crippen LogP contribution < -0.4 is 15.4 Å². The summed E-state index contributed by atoms with van der Waals surface area (Å²) in [6, 6.07) is 16.4. The van der Waals surface area contributed by atoms with Crippen LogP contribution >= 0.6 is 0 Å². The minimum Gasteiger partial charge on any atom is -0.481 e. The highest BCUT2D eigenvalue weighted by Crippen LogP contribution is 2.20. The van der Waals surface area contributed by atoms with Crippen LogP contribution in [0.15, 0.2) is 54.6 Å². The molecule has 1 atom stereocenters. The van der Waals surface area contributed by atoms with Crippen LogP contribution in [0.4, 0.5) is 5.69 Å². The maximum absolute atomic E-state index is 12.2. The maximum atomic E-state index is 12.2. The van der Waals surface area contributed by atoms with Crippen molar-refractivity contribution in [2.45, 2.75) is 31.9 Å². The summed E-state index contributed by atoms with van der Waals surface area (Å²) >= 11 is 0. The van der Waals surface area contributed by atoms with E-state index < -0.39 is 6.10 Å². The highest BCUT2D eigenvalue weighted by molar-refractivity contribution is 5.98. The fourth-order valence-electron chi connectivity index (χ4n) is 2.24. The maximum Gasteiger partial charge on any atom is 0.265 e. The predicted octanol–water partition coefficient (Wildman–Crippen LogP) is 2.98. The molecule has 2 aromatic rings. The summed E-state index contributed by atoms with van der Waals surface area (Å²) in [4.78, 5) is 24.3. The zero-order valence-electron chi connectivity index (χ0n) is 13.5. The molecule has 0 saturated heterocycles. The van der Waals surface area contributed by atoms with Gasteiger partial charge in [-0.15, -0.1) is 0 Å². The molecule has 1 aliphatic carbocycles. The molecule has 1 saturated carbocycles. The van der Waals surface area contributed by atoms with Gasteiger partial charge in [-0.3, -0.25) is 9.59 Å². The van der Waals surface area contributed by atoms with Crippen molar-refractivity contribution < 1.29 is 14.3 Å². The molecule has 24 heavy (non-hydrogen) atoms. The fraction of sp³-hybridized carbons (Fsp3) is 0.263. The van der Waals surface area contributed by atoms with Crippen molar-refractivity contribution in [2.75, 3.05) is 5.32 Å². The second-order valence-electron chi connectivity index (χ2n) is 5.89. The Balaban J connectivity index is 1.60. The Kier molecular flexibility index (Phi) is 4.79. The van der Waals surface area contributed by atoms with Gasteiger partial charge in [0.15, 0.2) is 6.10 Å². The van der Waals surface area contributed by atoms with Crippen molar-refractivity contribution in [3.05, 3.63) is 60.2 Å². The molecule has 5 nitrogen and oxygen atoms in total. The Hall–Kier alpha value is -2.82. The van der Waals surface area contributed by atoms with E-state index in [1.165, 1.54) is 0 Å². The first-order valence-electron chi connectivity index (χ1n) is 8.05. The summed E-state index contributed by atoms with van der Waals surface area (Å²) in [6.07, 6.45) is 1.43. The third kappa shape index (κ3) is 4.35. The van der Waals surface area contributed by atoms with Crippen molar-refractivity contribution in [2.24, 2.45) is 0 Å². The first-order chi connectivity index (χ1) is 11.6. The molecule has 2 amide bonds. The van der Waals surface area contributed by atoms with E-state index in [9.17, 15) is 9.59 Å². The van der Waals surface area contributed by atoms with Crippen molar-refractivity contribution in [3.8, 4) is 5.75 Å². The minimum atomic E-state index is -0.642. The van der Waals surface area contributed by atoms with Gasteiger partial charge >= 0.3 is 0 Å². The van der Waals surface area contributed by atoms with Crippen LogP contribution in [0.2, 0.25) is 0 Å². The van der Waals surface area contributed by atoms with Crippen molar-refractivity contribution in [1.29, 1.82) is 0 Å². The molecule has 2 N–H and O–H groups in total. The molecule has 0 radical (unpaired) electrons. The van der Waals surface area contributed by atoms with Crippen LogP contribution in [0.25, 0.3) is 0 Å². The van der Waals surface area contributed by atoms with E-state index in [4.69, 9.17) is 4.74 Å². The Morgan fingerprint density at radius 1 is 1.08 bits per heavy atom. The van der Waals surface area contributed by atoms with Crippen LogP contribution in [-0.4, -0.2) is 24.0 Å². The molecule has 0 aromatic heterocycles. The summed E-state index contributed by atoms with van der Waals surface area (Å²) in [5, 5.41) is 5.71. The smallest absolute Gasteiger partial charge is 0.265 e. The second kappa shape index (κ2) is 7.17. The number of amides is 2. The van der Waals surface area contributed by atoms with Crippen molar-refractivity contribution in [1.82, 2.24) is 5.32 Å². The molecular formula is C19H20N2O3. The third-order valence-electron chi connectivity index (χ3n) is 3.73. The molecule has 5 heteroatoms. The standard InChI is InChI=1S/C19H20N2O3/c1-13(24-17-8-3-2-4-9-17)18(22)21-16-7-5-6-14(12-16)19(23)20-15-10-11-15/h2-9,12-13,15H,10-11H2,1H3,(H,20,23)(H,21,22). The highest BCUT2D eigenvalue weighted by Gasteiger charge is 2.24. The van der Waals surface area contributed by atoms with Crippen LogP contribution in [0, 0.1) is 0 Å². The van der Waals surface area contributed by atoms with Gasteiger partial charge in [0.25, 0.3) is 11.8 Å². The Bertz CT molecular complexity index is 726. The molecule has 2 aromatic carbocycles. The van der Waals surface area contributed by atoms with Crippen molar-refractivity contribution >= 4 is 17.5 Å². The predicted molar refractivity (Wildman–Crippen MR) is 92.1 cm³/mol. The van der Waals surface area contributed by atoms with E-state index in [1.807, 2.05) is 18.2 Å². The van der Waals surface area contributed by atoms with E-state index in [-0.39, 0.29) is 11.8 Å². The van der Waals surface area contributed by atoms with Gasteiger partial charge in [-0.2, -0.15) is 0 Å². The van der Waals surface area contributed by atoms with Crippen LogP contribution in [0.3, 0.4) is 0 Å². The van der Waals surface area contributed by atoms with E-state index in [0.29, 0.717) is 23.0 Å². The second-order valence-corrected chi connectivity index (χ2v) is 5.89. The molecular weight excluding hydrogens is 304 g/mol. The summed E-state index contributed by atoms with van der Waals surface area (Å²) in [6.45, 7) is 1.69. The van der Waals surface area contributed by atoms with Gasteiger partial charge in [-0.25, -0.2) is 0 Å². The number of hydrogen-bond acceptors (Lipinski definition) is 3. The van der Waals surface area contributed by atoms with Crippen LogP contribution in [0.5, 0.6) is 5.75 Å². The Morgan fingerprint density at radius 3 is 2.54 bits per heavy atom. The number of hydrogen-bond donors (Lipinski definition) is 2. The fourth-order valence-corrected chi connectivity index (χ4v) is 2.24.